The van der Waals surface area contributed by atoms with Gasteiger partial charge >= 0.3 is 6.03 Å². The van der Waals surface area contributed by atoms with E-state index in [-0.39, 0.29) is 6.03 Å². The Bertz CT molecular complexity index is 1020. The zero-order chi connectivity index (χ0) is 20.3. The first-order chi connectivity index (χ1) is 14.8. The quantitative estimate of drug-likeness (QED) is 0.445. The molecule has 0 atom stereocenters. The number of carbonyl (C=O) groups is 1. The fourth-order valence-electron chi connectivity index (χ4n) is 4.13. The number of aromatic amines is 1. The smallest absolute Gasteiger partial charge is 0.315 e. The Kier molecular flexibility index (Phi) is 5.52. The third kappa shape index (κ3) is 3.98. The average Bonchev–Trinajstić information content (AvgIpc) is 3.49. The van der Waals surface area contributed by atoms with Gasteiger partial charge in [0.2, 0.25) is 0 Å². The summed E-state index contributed by atoms with van der Waals surface area (Å²) < 4.78 is 5.34. The van der Waals surface area contributed by atoms with Crippen molar-refractivity contribution in [2.24, 2.45) is 0 Å². The Hall–Kier alpha value is -2.68. The molecular formula is C22H25N5O2S. The Morgan fingerprint density at radius 3 is 2.97 bits per heavy atom. The lowest BCUT2D eigenvalue weighted by atomic mass is 10.1. The normalized spacial score (nSPS) is 15.6. The third-order valence-electron chi connectivity index (χ3n) is 5.74. The molecule has 0 spiro atoms. The van der Waals surface area contributed by atoms with Gasteiger partial charge in [0.15, 0.2) is 0 Å². The zero-order valence-electron chi connectivity index (χ0n) is 16.7. The van der Waals surface area contributed by atoms with Crippen LogP contribution in [0.1, 0.15) is 16.7 Å². The standard InChI is InChI=1S/C22H25N5O2S/c28-22(23-4-5-27-6-8-29-9-7-27)24-13-15-1-2-18-17(11-15)12-19-20(25-26-21(18)19)16-3-10-30-14-16/h1-3,10-11,14H,4-9,12-13H2,(H,25,26)(H2,23,24,28). The molecule has 1 aliphatic carbocycles. The van der Waals surface area contributed by atoms with Crippen LogP contribution in [0.25, 0.3) is 22.5 Å². The van der Waals surface area contributed by atoms with E-state index in [1.54, 1.807) is 11.3 Å². The summed E-state index contributed by atoms with van der Waals surface area (Å²) in [5, 5.41) is 17.9. The fourth-order valence-corrected chi connectivity index (χ4v) is 4.77. The maximum Gasteiger partial charge on any atom is 0.315 e. The van der Waals surface area contributed by atoms with Crippen molar-refractivity contribution in [1.29, 1.82) is 0 Å². The van der Waals surface area contributed by atoms with Gasteiger partial charge < -0.3 is 15.4 Å². The van der Waals surface area contributed by atoms with Gasteiger partial charge in [0.05, 0.1) is 24.6 Å². The molecule has 0 saturated carbocycles. The molecule has 30 heavy (non-hydrogen) atoms. The van der Waals surface area contributed by atoms with Gasteiger partial charge in [-0.2, -0.15) is 16.4 Å². The highest BCUT2D eigenvalue weighted by Crippen LogP contribution is 2.40. The first kappa shape index (κ1) is 19.3. The van der Waals surface area contributed by atoms with Crippen LogP contribution in [0.3, 0.4) is 0 Å². The Labute approximate surface area is 179 Å². The Morgan fingerprint density at radius 1 is 1.23 bits per heavy atom. The van der Waals surface area contributed by atoms with Crippen LogP contribution in [0.5, 0.6) is 0 Å². The molecule has 5 rings (SSSR count). The van der Waals surface area contributed by atoms with Crippen molar-refractivity contribution in [3.8, 4) is 22.5 Å². The van der Waals surface area contributed by atoms with Crippen LogP contribution >= 0.6 is 11.3 Å². The number of carbonyl (C=O) groups excluding carboxylic acids is 1. The van der Waals surface area contributed by atoms with Crippen LogP contribution in [-0.4, -0.2) is 60.5 Å². The summed E-state index contributed by atoms with van der Waals surface area (Å²) in [6.07, 6.45) is 0.867. The van der Waals surface area contributed by atoms with Crippen LogP contribution in [0.2, 0.25) is 0 Å². The lowest BCUT2D eigenvalue weighted by molar-refractivity contribution is 0.0387. The zero-order valence-corrected chi connectivity index (χ0v) is 17.6. The van der Waals surface area contributed by atoms with Gasteiger partial charge in [-0.25, -0.2) is 4.79 Å². The minimum Gasteiger partial charge on any atom is -0.379 e. The van der Waals surface area contributed by atoms with Crippen LogP contribution in [-0.2, 0) is 17.7 Å². The topological polar surface area (TPSA) is 82.3 Å². The minimum absolute atomic E-state index is 0.127. The Balaban J connectivity index is 1.15. The molecule has 156 valence electrons. The molecule has 3 N–H and O–H groups in total. The lowest BCUT2D eigenvalue weighted by Gasteiger charge is -2.26. The van der Waals surface area contributed by atoms with Crippen molar-refractivity contribution in [1.82, 2.24) is 25.7 Å². The number of urea groups is 1. The molecule has 0 bridgehead atoms. The number of thiophene rings is 1. The van der Waals surface area contributed by atoms with E-state index in [1.807, 2.05) is 0 Å². The van der Waals surface area contributed by atoms with Crippen molar-refractivity contribution in [3.63, 3.8) is 0 Å². The maximum atomic E-state index is 12.1. The molecule has 1 aliphatic heterocycles. The number of fused-ring (bicyclic) bond motifs is 3. The number of hydrogen-bond donors (Lipinski definition) is 3. The van der Waals surface area contributed by atoms with Crippen LogP contribution < -0.4 is 10.6 Å². The number of nitrogens with zero attached hydrogens (tertiary/aromatic N) is 2. The van der Waals surface area contributed by atoms with Gasteiger partial charge in [-0.3, -0.25) is 10.00 Å². The summed E-state index contributed by atoms with van der Waals surface area (Å²) in [5.74, 6) is 0. The van der Waals surface area contributed by atoms with E-state index < -0.39 is 0 Å². The minimum atomic E-state index is -0.127. The summed E-state index contributed by atoms with van der Waals surface area (Å²) in [5.41, 5.74) is 8.18. The molecule has 7 nitrogen and oxygen atoms in total. The molecule has 3 aromatic rings. The van der Waals surface area contributed by atoms with Crippen molar-refractivity contribution < 1.29 is 9.53 Å². The second-order valence-electron chi connectivity index (χ2n) is 7.67. The largest absolute Gasteiger partial charge is 0.379 e. The van der Waals surface area contributed by atoms with E-state index in [0.29, 0.717) is 13.1 Å². The number of ether oxygens (including phenoxy) is 1. The van der Waals surface area contributed by atoms with E-state index >= 15 is 0 Å². The van der Waals surface area contributed by atoms with Gasteiger partial charge in [-0.05, 0) is 22.6 Å². The molecule has 1 fully saturated rings. The maximum absolute atomic E-state index is 12.1. The van der Waals surface area contributed by atoms with Crippen LogP contribution in [0, 0.1) is 0 Å². The van der Waals surface area contributed by atoms with E-state index in [0.717, 1.165) is 56.2 Å². The van der Waals surface area contributed by atoms with Gasteiger partial charge in [-0.1, -0.05) is 18.2 Å². The monoisotopic (exact) mass is 423 g/mol. The summed E-state index contributed by atoms with van der Waals surface area (Å²) >= 11 is 1.68. The van der Waals surface area contributed by atoms with Crippen LogP contribution in [0.15, 0.2) is 35.0 Å². The number of H-pyrrole nitrogens is 1. The van der Waals surface area contributed by atoms with Gasteiger partial charge in [0.25, 0.3) is 0 Å². The molecule has 0 radical (unpaired) electrons. The number of rotatable bonds is 6. The summed E-state index contributed by atoms with van der Waals surface area (Å²) in [7, 11) is 0. The summed E-state index contributed by atoms with van der Waals surface area (Å²) in [6, 6.07) is 8.38. The molecular weight excluding hydrogens is 398 g/mol. The Morgan fingerprint density at radius 2 is 2.13 bits per heavy atom. The van der Waals surface area contributed by atoms with Gasteiger partial charge in [0.1, 0.15) is 0 Å². The lowest BCUT2D eigenvalue weighted by Crippen LogP contribution is -2.43. The average molecular weight is 424 g/mol. The van der Waals surface area contributed by atoms with Crippen LogP contribution in [0.4, 0.5) is 4.79 Å². The predicted molar refractivity (Wildman–Crippen MR) is 118 cm³/mol. The van der Waals surface area contributed by atoms with E-state index in [1.165, 1.54) is 22.3 Å². The molecule has 1 aromatic carbocycles. The number of benzene rings is 1. The summed E-state index contributed by atoms with van der Waals surface area (Å²) in [4.78, 5) is 14.4. The van der Waals surface area contributed by atoms with Gasteiger partial charge in [0, 0.05) is 61.2 Å². The van der Waals surface area contributed by atoms with Crippen molar-refractivity contribution in [2.45, 2.75) is 13.0 Å². The molecule has 2 aromatic heterocycles. The molecule has 2 aliphatic rings. The second kappa shape index (κ2) is 8.59. The molecule has 1 saturated heterocycles. The van der Waals surface area contributed by atoms with Crippen molar-refractivity contribution in [2.75, 3.05) is 39.4 Å². The van der Waals surface area contributed by atoms with Gasteiger partial charge in [-0.15, -0.1) is 0 Å². The van der Waals surface area contributed by atoms with E-state index in [2.05, 4.69) is 60.8 Å². The highest BCUT2D eigenvalue weighted by Gasteiger charge is 2.25. The number of aromatic nitrogens is 2. The fraction of sp³-hybridized carbons (Fsp3) is 0.364. The highest BCUT2D eigenvalue weighted by atomic mass is 32.1. The second-order valence-corrected chi connectivity index (χ2v) is 8.45. The number of amides is 2. The first-order valence-electron chi connectivity index (χ1n) is 10.3. The molecule has 0 unspecified atom stereocenters. The predicted octanol–water partition coefficient (Wildman–Crippen LogP) is 2.84. The number of hydrogen-bond acceptors (Lipinski definition) is 5. The summed E-state index contributed by atoms with van der Waals surface area (Å²) in [6.45, 7) is 5.43. The number of morpholine rings is 1. The molecule has 8 heteroatoms. The van der Waals surface area contributed by atoms with E-state index in [4.69, 9.17) is 4.74 Å². The SMILES string of the molecule is O=C(NCCN1CCOCC1)NCc1ccc2c(c1)Cc1c(-c3ccsc3)n[nH]c1-2. The van der Waals surface area contributed by atoms with Crippen molar-refractivity contribution in [3.05, 3.63) is 51.7 Å². The molecule has 2 amide bonds. The third-order valence-corrected chi connectivity index (χ3v) is 6.42. The number of nitrogens with one attached hydrogen (secondary N) is 3. The van der Waals surface area contributed by atoms with E-state index in [9.17, 15) is 4.79 Å². The highest BCUT2D eigenvalue weighted by molar-refractivity contribution is 7.08. The van der Waals surface area contributed by atoms with Crippen molar-refractivity contribution >= 4 is 17.4 Å². The first-order valence-corrected chi connectivity index (χ1v) is 11.3. The molecule has 3 heterocycles.